The highest BCUT2D eigenvalue weighted by Gasteiger charge is 2.07. The monoisotopic (exact) mass is 221 g/mol. The second-order valence-electron chi connectivity index (χ2n) is 3.75. The third kappa shape index (κ3) is 1.56. The first kappa shape index (κ1) is 9.90. The van der Waals surface area contributed by atoms with Gasteiger partial charge in [-0.05, 0) is 24.3 Å². The van der Waals surface area contributed by atoms with Gasteiger partial charge in [0.05, 0.1) is 16.7 Å². The van der Waals surface area contributed by atoms with Gasteiger partial charge in [0.25, 0.3) is 0 Å². The van der Waals surface area contributed by atoms with Crippen LogP contribution < -0.4 is 11.2 Å². The van der Waals surface area contributed by atoms with Gasteiger partial charge in [-0.2, -0.15) is 0 Å². The van der Waals surface area contributed by atoms with Crippen molar-refractivity contribution in [2.24, 2.45) is 0 Å². The average Bonchev–Trinajstić information content (AvgIpc) is 2.65. The number of benzene rings is 1. The molecule has 2 radical (unpaired) electrons. The minimum atomic E-state index is -0.184. The predicted molar refractivity (Wildman–Crippen MR) is 67.1 cm³/mol. The summed E-state index contributed by atoms with van der Waals surface area (Å²) in [5.41, 5.74) is 2.74. The molecule has 4 nitrogen and oxygen atoms in total. The standard InChI is InChI=1S/C12H8BN3O/c13-8-1-2-10-11(7-8)16(12(17)15-10)9-3-5-14-6-4-9/h1-7H,(H,15,17). The molecular weight excluding hydrogens is 213 g/mol. The minimum absolute atomic E-state index is 0.184. The van der Waals surface area contributed by atoms with Gasteiger partial charge in [0.15, 0.2) is 0 Å². The van der Waals surface area contributed by atoms with Crippen LogP contribution >= 0.6 is 0 Å². The molecule has 0 unspecified atom stereocenters. The lowest BCUT2D eigenvalue weighted by Crippen LogP contribution is -2.14. The Morgan fingerprint density at radius 2 is 1.94 bits per heavy atom. The summed E-state index contributed by atoms with van der Waals surface area (Å²) >= 11 is 0. The summed E-state index contributed by atoms with van der Waals surface area (Å²) in [6.07, 6.45) is 3.29. The largest absolute Gasteiger partial charge is 0.331 e. The number of pyridine rings is 1. The summed E-state index contributed by atoms with van der Waals surface area (Å²) in [6, 6.07) is 8.88. The van der Waals surface area contributed by atoms with E-state index in [4.69, 9.17) is 7.85 Å². The Bertz CT molecular complexity index is 730. The van der Waals surface area contributed by atoms with Gasteiger partial charge in [0.2, 0.25) is 0 Å². The number of nitrogens with zero attached hydrogens (tertiary/aromatic N) is 2. The molecule has 0 amide bonds. The van der Waals surface area contributed by atoms with Crippen molar-refractivity contribution in [2.75, 3.05) is 0 Å². The summed E-state index contributed by atoms with van der Waals surface area (Å²) in [7, 11) is 5.74. The molecule has 0 aliphatic heterocycles. The van der Waals surface area contributed by atoms with Crippen LogP contribution in [0.25, 0.3) is 16.7 Å². The molecule has 0 bridgehead atoms. The van der Waals surface area contributed by atoms with Crippen LogP contribution in [0.4, 0.5) is 0 Å². The first-order valence-corrected chi connectivity index (χ1v) is 5.16. The van der Waals surface area contributed by atoms with E-state index in [2.05, 4.69) is 9.97 Å². The van der Waals surface area contributed by atoms with Gasteiger partial charge in [-0.3, -0.25) is 9.55 Å². The van der Waals surface area contributed by atoms with Crippen LogP contribution in [0.2, 0.25) is 0 Å². The first-order chi connectivity index (χ1) is 8.25. The zero-order valence-corrected chi connectivity index (χ0v) is 8.92. The molecule has 5 heteroatoms. The Morgan fingerprint density at radius 3 is 2.71 bits per heavy atom. The predicted octanol–water partition coefficient (Wildman–Crippen LogP) is 0.508. The number of fused-ring (bicyclic) bond motifs is 1. The third-order valence-electron chi connectivity index (χ3n) is 2.63. The molecule has 1 aromatic carbocycles. The third-order valence-corrected chi connectivity index (χ3v) is 2.63. The lowest BCUT2D eigenvalue weighted by atomic mass is 9.96. The van der Waals surface area contributed by atoms with E-state index in [1.807, 2.05) is 0 Å². The van der Waals surface area contributed by atoms with E-state index in [0.29, 0.717) is 5.46 Å². The van der Waals surface area contributed by atoms with Crippen molar-refractivity contribution in [3.05, 3.63) is 53.2 Å². The summed E-state index contributed by atoms with van der Waals surface area (Å²) in [6.45, 7) is 0. The average molecular weight is 221 g/mol. The molecule has 3 aromatic rings. The number of imidazole rings is 1. The molecule has 0 spiro atoms. The Balaban J connectivity index is 2.40. The maximum atomic E-state index is 11.9. The maximum Gasteiger partial charge on any atom is 0.331 e. The molecule has 0 atom stereocenters. The maximum absolute atomic E-state index is 11.9. The van der Waals surface area contributed by atoms with Crippen LogP contribution in [-0.4, -0.2) is 22.4 Å². The van der Waals surface area contributed by atoms with Gasteiger partial charge in [0.1, 0.15) is 7.85 Å². The smallest absolute Gasteiger partial charge is 0.305 e. The van der Waals surface area contributed by atoms with Crippen molar-refractivity contribution in [2.45, 2.75) is 0 Å². The number of hydrogen-bond donors (Lipinski definition) is 1. The molecule has 0 aliphatic carbocycles. The summed E-state index contributed by atoms with van der Waals surface area (Å²) in [5.74, 6) is 0. The number of aromatic nitrogens is 3. The quantitative estimate of drug-likeness (QED) is 0.608. The molecule has 0 aliphatic rings. The van der Waals surface area contributed by atoms with Gasteiger partial charge in [0, 0.05) is 12.4 Å². The molecule has 17 heavy (non-hydrogen) atoms. The fraction of sp³-hybridized carbons (Fsp3) is 0. The SMILES string of the molecule is [B]c1ccc2[nH]c(=O)n(-c3ccncc3)c2c1. The number of rotatable bonds is 1. The lowest BCUT2D eigenvalue weighted by molar-refractivity contribution is 1.01. The van der Waals surface area contributed by atoms with Crippen molar-refractivity contribution in [3.8, 4) is 5.69 Å². The topological polar surface area (TPSA) is 50.7 Å². The zero-order valence-electron chi connectivity index (χ0n) is 8.92. The molecular formula is C12H8BN3O. The number of hydrogen-bond acceptors (Lipinski definition) is 2. The Kier molecular flexibility index (Phi) is 2.11. The molecule has 0 saturated carbocycles. The van der Waals surface area contributed by atoms with E-state index in [1.165, 1.54) is 0 Å². The van der Waals surface area contributed by atoms with Crippen LogP contribution in [0, 0.1) is 0 Å². The van der Waals surface area contributed by atoms with Crippen LogP contribution in [-0.2, 0) is 0 Å². The summed E-state index contributed by atoms with van der Waals surface area (Å²) < 4.78 is 1.58. The molecule has 2 aromatic heterocycles. The summed E-state index contributed by atoms with van der Waals surface area (Å²) in [4.78, 5) is 18.6. The second-order valence-corrected chi connectivity index (χ2v) is 3.75. The molecule has 0 saturated heterocycles. The molecule has 80 valence electrons. The highest BCUT2D eigenvalue weighted by Crippen LogP contribution is 2.12. The lowest BCUT2D eigenvalue weighted by Gasteiger charge is -2.02. The fourth-order valence-corrected chi connectivity index (χ4v) is 1.87. The van der Waals surface area contributed by atoms with Crippen LogP contribution in [0.1, 0.15) is 0 Å². The van der Waals surface area contributed by atoms with Gasteiger partial charge in [-0.1, -0.05) is 11.5 Å². The van der Waals surface area contributed by atoms with Crippen molar-refractivity contribution >= 4 is 24.3 Å². The summed E-state index contributed by atoms with van der Waals surface area (Å²) in [5, 5.41) is 0. The van der Waals surface area contributed by atoms with Crippen LogP contribution in [0.3, 0.4) is 0 Å². The van der Waals surface area contributed by atoms with Gasteiger partial charge in [-0.25, -0.2) is 4.79 Å². The Labute approximate surface area is 98.3 Å². The molecule has 3 rings (SSSR count). The molecule has 0 fully saturated rings. The highest BCUT2D eigenvalue weighted by atomic mass is 16.1. The van der Waals surface area contributed by atoms with E-state index >= 15 is 0 Å². The van der Waals surface area contributed by atoms with E-state index in [0.717, 1.165) is 16.7 Å². The van der Waals surface area contributed by atoms with Gasteiger partial charge in [-0.15, -0.1) is 0 Å². The number of H-pyrrole nitrogens is 1. The second kappa shape index (κ2) is 3.62. The van der Waals surface area contributed by atoms with E-state index in [-0.39, 0.29) is 5.69 Å². The zero-order chi connectivity index (χ0) is 11.8. The van der Waals surface area contributed by atoms with Gasteiger partial charge < -0.3 is 4.98 Å². The van der Waals surface area contributed by atoms with Crippen LogP contribution in [0.5, 0.6) is 0 Å². The van der Waals surface area contributed by atoms with E-state index in [9.17, 15) is 4.79 Å². The minimum Gasteiger partial charge on any atom is -0.305 e. The molecule has 2 heterocycles. The van der Waals surface area contributed by atoms with Crippen molar-refractivity contribution < 1.29 is 0 Å². The van der Waals surface area contributed by atoms with E-state index in [1.54, 1.807) is 47.3 Å². The Hall–Kier alpha value is -2.30. The van der Waals surface area contributed by atoms with Crippen molar-refractivity contribution in [3.63, 3.8) is 0 Å². The molecule has 1 N–H and O–H groups in total. The van der Waals surface area contributed by atoms with Crippen molar-refractivity contribution in [1.29, 1.82) is 0 Å². The fourth-order valence-electron chi connectivity index (χ4n) is 1.87. The number of aromatic amines is 1. The van der Waals surface area contributed by atoms with Crippen molar-refractivity contribution in [1.82, 2.24) is 14.5 Å². The number of nitrogens with one attached hydrogen (secondary N) is 1. The normalized spacial score (nSPS) is 10.8. The van der Waals surface area contributed by atoms with Crippen LogP contribution in [0.15, 0.2) is 47.5 Å². The highest BCUT2D eigenvalue weighted by molar-refractivity contribution is 6.33. The van der Waals surface area contributed by atoms with Gasteiger partial charge >= 0.3 is 5.69 Å². The Morgan fingerprint density at radius 1 is 1.18 bits per heavy atom. The van der Waals surface area contributed by atoms with E-state index < -0.39 is 0 Å². The first-order valence-electron chi connectivity index (χ1n) is 5.16.